The highest BCUT2D eigenvalue weighted by Crippen LogP contribution is 2.56. The van der Waals surface area contributed by atoms with Gasteiger partial charge in [0.25, 0.3) is 6.71 Å². The molecule has 13 rings (SSSR count). The van der Waals surface area contributed by atoms with Crippen LogP contribution in [0.2, 0.25) is 0 Å². The first-order valence-electron chi connectivity index (χ1n) is 30.5. The first kappa shape index (κ1) is 54.4. The smallest absolute Gasteiger partial charge is 0.264 e. The summed E-state index contributed by atoms with van der Waals surface area (Å²) >= 11 is 2.05. The van der Waals surface area contributed by atoms with Gasteiger partial charge in [0.05, 0.1) is 11.4 Å². The number of nitrogens with zero attached hydrogens (tertiary/aromatic N) is 3. The van der Waals surface area contributed by atoms with Crippen LogP contribution in [-0.2, 0) is 37.9 Å². The Labute approximate surface area is 495 Å². The van der Waals surface area contributed by atoms with Crippen LogP contribution < -0.4 is 30.4 Å². The molecule has 8 aromatic carbocycles. The molecule has 9 aromatic rings. The van der Waals surface area contributed by atoms with E-state index in [2.05, 4.69) is 307 Å². The quantitative estimate of drug-likeness (QED) is 0.147. The van der Waals surface area contributed by atoms with E-state index in [1.54, 1.807) is 0 Å². The maximum absolute atomic E-state index is 2.76. The van der Waals surface area contributed by atoms with E-state index in [9.17, 15) is 0 Å². The van der Waals surface area contributed by atoms with E-state index in [1.165, 1.54) is 112 Å². The first-order chi connectivity index (χ1) is 38.6. The molecular formula is C77H84BN3S. The minimum absolute atomic E-state index is 0.00650. The predicted octanol–water partition coefficient (Wildman–Crippen LogP) is 20.1. The molecule has 0 atom stereocenters. The van der Waals surface area contributed by atoms with Crippen LogP contribution in [0.1, 0.15) is 181 Å². The molecule has 3 heterocycles. The van der Waals surface area contributed by atoms with Crippen molar-refractivity contribution in [3.8, 4) is 0 Å². The van der Waals surface area contributed by atoms with E-state index < -0.39 is 0 Å². The van der Waals surface area contributed by atoms with Crippen molar-refractivity contribution in [3.05, 3.63) is 214 Å². The highest BCUT2D eigenvalue weighted by Gasteiger charge is 2.48. The predicted molar refractivity (Wildman–Crippen MR) is 357 cm³/mol. The molecule has 4 aliphatic rings. The first-order valence-corrected chi connectivity index (χ1v) is 31.3. The summed E-state index contributed by atoms with van der Waals surface area (Å²) in [4.78, 5) is 7.90. The van der Waals surface area contributed by atoms with Gasteiger partial charge in [0.1, 0.15) is 0 Å². The van der Waals surface area contributed by atoms with Crippen LogP contribution in [0.4, 0.5) is 51.2 Å². The standard InChI is InChI=1S/C77H84BN3S/c1-71(2,3)49-27-32-55(33-28-49)80-64-38-31-52(72(4,5)6)43-63(64)78-68-65(80)45-57(79(53-25-21-18-22-26-53)54-34-29-51(30-35-54)77(15,16)50-23-19-17-20-24-50)46-66(68)81(56-36-37-59-60(44-56)74(9,10)40-39-73(59,7)8)69-58-47-61-62(48-67(58)82-70(69)78)76(13,14)42-41-75(61,11)12/h17-38,43-48H,39-42H2,1-16H3. The number of anilines is 9. The van der Waals surface area contributed by atoms with Crippen molar-refractivity contribution in [2.45, 2.75) is 174 Å². The second kappa shape index (κ2) is 18.6. The Morgan fingerprint density at radius 3 is 1.50 bits per heavy atom. The molecule has 0 spiro atoms. The topological polar surface area (TPSA) is 9.72 Å². The van der Waals surface area contributed by atoms with E-state index in [0.29, 0.717) is 0 Å². The number of hydrogen-bond acceptors (Lipinski definition) is 4. The fraction of sp³-hybridized carbons (Fsp3) is 0.351. The second-order valence-corrected chi connectivity index (χ2v) is 31.1. The summed E-state index contributed by atoms with van der Waals surface area (Å²) in [5, 5.41) is 1.37. The molecule has 0 bridgehead atoms. The van der Waals surface area contributed by atoms with Crippen LogP contribution in [0.25, 0.3) is 10.1 Å². The van der Waals surface area contributed by atoms with E-state index in [1.807, 2.05) is 0 Å². The van der Waals surface area contributed by atoms with Gasteiger partial charge in [-0.15, -0.1) is 11.3 Å². The molecule has 2 aliphatic heterocycles. The maximum atomic E-state index is 2.76. The lowest BCUT2D eigenvalue weighted by atomic mass is 9.36. The molecule has 416 valence electrons. The summed E-state index contributed by atoms with van der Waals surface area (Å²) in [6.45, 7) is 38.6. The lowest BCUT2D eigenvalue weighted by Crippen LogP contribution is -2.60. The maximum Gasteiger partial charge on any atom is 0.264 e. The third kappa shape index (κ3) is 8.71. The number of benzene rings is 8. The summed E-state index contributed by atoms with van der Waals surface area (Å²) in [7, 11) is 0. The average Bonchev–Trinajstić information content (AvgIpc) is 1.33. The van der Waals surface area contributed by atoms with Crippen molar-refractivity contribution in [3.63, 3.8) is 0 Å². The molecule has 0 N–H and O–H groups in total. The number of thiophene rings is 1. The van der Waals surface area contributed by atoms with Crippen molar-refractivity contribution in [2.24, 2.45) is 0 Å². The zero-order valence-electron chi connectivity index (χ0n) is 51.8. The van der Waals surface area contributed by atoms with Gasteiger partial charge in [-0.2, -0.15) is 0 Å². The molecule has 5 heteroatoms. The molecule has 82 heavy (non-hydrogen) atoms. The number of rotatable bonds is 7. The van der Waals surface area contributed by atoms with Crippen molar-refractivity contribution in [2.75, 3.05) is 14.7 Å². The molecule has 0 radical (unpaired) electrons. The number of fused-ring (bicyclic) bond motifs is 8. The summed E-state index contributed by atoms with van der Waals surface area (Å²) in [6.07, 6.45) is 4.67. The van der Waals surface area contributed by atoms with Gasteiger partial charge < -0.3 is 14.7 Å². The Bertz CT molecular complexity index is 3980. The molecule has 0 saturated carbocycles. The van der Waals surface area contributed by atoms with Gasteiger partial charge in [0.15, 0.2) is 0 Å². The largest absolute Gasteiger partial charge is 0.311 e. The van der Waals surface area contributed by atoms with E-state index in [4.69, 9.17) is 0 Å². The van der Waals surface area contributed by atoms with Crippen LogP contribution in [0.15, 0.2) is 170 Å². The Balaban J connectivity index is 1.16. The lowest BCUT2D eigenvalue weighted by Gasteiger charge is -2.45. The molecule has 3 nitrogen and oxygen atoms in total. The SMILES string of the molecule is CC(C)(C)c1ccc(N2c3ccc(C(C)(C)C)cc3B3c4sc5cc6c(cc5c4N(c4ccc5c(c4)C(C)(C)CCC5(C)C)c4cc(N(c5ccccc5)c5ccc(C(C)(C)c7ccccc7)cc5)cc2c43)C(C)(C)CCC6(C)C)cc1. The van der Waals surface area contributed by atoms with Crippen molar-refractivity contribution in [1.29, 1.82) is 0 Å². The van der Waals surface area contributed by atoms with Crippen LogP contribution in [0, 0.1) is 0 Å². The van der Waals surface area contributed by atoms with E-state index >= 15 is 0 Å². The van der Waals surface area contributed by atoms with Gasteiger partial charge in [-0.3, -0.25) is 0 Å². The highest BCUT2D eigenvalue weighted by molar-refractivity contribution is 7.33. The molecular weight excluding hydrogens is 1010 g/mol. The third-order valence-corrected chi connectivity index (χ3v) is 21.4. The summed E-state index contributed by atoms with van der Waals surface area (Å²) in [5.41, 5.74) is 24.7. The van der Waals surface area contributed by atoms with Gasteiger partial charge in [-0.25, -0.2) is 0 Å². The van der Waals surface area contributed by atoms with Gasteiger partial charge in [0, 0.05) is 60.1 Å². The molecule has 1 aromatic heterocycles. The lowest BCUT2D eigenvalue weighted by molar-refractivity contribution is 0.332. The summed E-state index contributed by atoms with van der Waals surface area (Å²) in [5.74, 6) is 0. The molecule has 0 fully saturated rings. The normalized spacial score (nSPS) is 17.4. The Hall–Kier alpha value is -6.82. The second-order valence-electron chi connectivity index (χ2n) is 30.0. The fourth-order valence-corrected chi connectivity index (χ4v) is 15.9. The monoisotopic (exact) mass is 1090 g/mol. The van der Waals surface area contributed by atoms with Gasteiger partial charge >= 0.3 is 0 Å². The van der Waals surface area contributed by atoms with Gasteiger partial charge in [-0.05, 0) is 192 Å². The van der Waals surface area contributed by atoms with Crippen LogP contribution in [0.3, 0.4) is 0 Å². The zero-order valence-corrected chi connectivity index (χ0v) is 52.6. The van der Waals surface area contributed by atoms with Crippen LogP contribution >= 0.6 is 11.3 Å². The van der Waals surface area contributed by atoms with E-state index in [0.717, 1.165) is 35.6 Å². The molecule has 0 unspecified atom stereocenters. The Morgan fingerprint density at radius 1 is 0.415 bits per heavy atom. The zero-order chi connectivity index (χ0) is 57.8. The minimum Gasteiger partial charge on any atom is -0.311 e. The minimum atomic E-state index is -0.184. The van der Waals surface area contributed by atoms with Crippen LogP contribution in [-0.4, -0.2) is 6.71 Å². The third-order valence-electron chi connectivity index (χ3n) is 20.2. The van der Waals surface area contributed by atoms with Gasteiger partial charge in [-0.1, -0.05) is 202 Å². The molecule has 2 aliphatic carbocycles. The number of para-hydroxylation sites is 1. The Morgan fingerprint density at radius 2 is 0.902 bits per heavy atom. The molecule has 0 saturated heterocycles. The van der Waals surface area contributed by atoms with E-state index in [-0.39, 0.29) is 44.6 Å². The average molecular weight is 1090 g/mol. The number of hydrogen-bond donors (Lipinski definition) is 0. The Kier molecular flexibility index (Phi) is 12.3. The van der Waals surface area contributed by atoms with Gasteiger partial charge in [0.2, 0.25) is 0 Å². The molecule has 0 amide bonds. The van der Waals surface area contributed by atoms with Crippen molar-refractivity contribution in [1.82, 2.24) is 0 Å². The highest BCUT2D eigenvalue weighted by atomic mass is 32.1. The van der Waals surface area contributed by atoms with Crippen molar-refractivity contribution < 1.29 is 0 Å². The van der Waals surface area contributed by atoms with Crippen LogP contribution in [0.5, 0.6) is 0 Å². The van der Waals surface area contributed by atoms with Crippen molar-refractivity contribution >= 4 is 95.0 Å². The summed E-state index contributed by atoms with van der Waals surface area (Å²) < 4.78 is 2.81. The fourth-order valence-electron chi connectivity index (χ4n) is 14.6. The summed E-state index contributed by atoms with van der Waals surface area (Å²) in [6, 6.07) is 66.5.